The molecular formula is C12H11N3O3. The molecule has 1 N–H and O–H groups in total. The predicted octanol–water partition coefficient (Wildman–Crippen LogP) is 1.83. The summed E-state index contributed by atoms with van der Waals surface area (Å²) in [5.41, 5.74) is 2.12. The van der Waals surface area contributed by atoms with E-state index < -0.39 is 0 Å². The first-order valence-electron chi connectivity index (χ1n) is 5.42. The van der Waals surface area contributed by atoms with Crippen LogP contribution in [0.4, 0.5) is 6.01 Å². The number of hydrogen-bond acceptors (Lipinski definition) is 5. The minimum atomic E-state index is -0.379. The van der Waals surface area contributed by atoms with Crippen molar-refractivity contribution in [2.45, 2.75) is 0 Å². The number of hydrogen-bond donors (Lipinski definition) is 1. The molecule has 3 aromatic rings. The summed E-state index contributed by atoms with van der Waals surface area (Å²) < 4.78 is 12.0. The Bertz CT molecular complexity index is 766. The van der Waals surface area contributed by atoms with E-state index in [4.69, 9.17) is 8.83 Å². The van der Waals surface area contributed by atoms with E-state index in [1.165, 1.54) is 4.57 Å². The summed E-state index contributed by atoms with van der Waals surface area (Å²) in [6.07, 6.45) is 1.63. The summed E-state index contributed by atoms with van der Waals surface area (Å²) in [6, 6.07) is 5.85. The van der Waals surface area contributed by atoms with Gasteiger partial charge in [-0.2, -0.15) is 0 Å². The van der Waals surface area contributed by atoms with Crippen LogP contribution in [0.5, 0.6) is 0 Å². The highest BCUT2D eigenvalue weighted by Crippen LogP contribution is 2.25. The van der Waals surface area contributed by atoms with Crippen LogP contribution in [-0.4, -0.2) is 16.6 Å². The SMILES string of the molecule is CNc1ncc(-c2ccc3oc(=O)n(C)c3c2)o1. The number of nitrogens with zero attached hydrogens (tertiary/aromatic N) is 2. The Morgan fingerprint density at radius 1 is 1.33 bits per heavy atom. The maximum atomic E-state index is 11.4. The monoisotopic (exact) mass is 245 g/mol. The quantitative estimate of drug-likeness (QED) is 0.745. The van der Waals surface area contributed by atoms with E-state index in [0.717, 1.165) is 11.1 Å². The van der Waals surface area contributed by atoms with Gasteiger partial charge in [-0.15, -0.1) is 0 Å². The van der Waals surface area contributed by atoms with E-state index in [0.29, 0.717) is 17.4 Å². The van der Waals surface area contributed by atoms with Crippen molar-refractivity contribution in [3.63, 3.8) is 0 Å². The molecule has 0 aliphatic carbocycles. The number of fused-ring (bicyclic) bond motifs is 1. The predicted molar refractivity (Wildman–Crippen MR) is 66.5 cm³/mol. The molecule has 1 aromatic carbocycles. The molecule has 2 aromatic heterocycles. The van der Waals surface area contributed by atoms with E-state index in [1.807, 2.05) is 12.1 Å². The second-order valence-electron chi connectivity index (χ2n) is 3.89. The van der Waals surface area contributed by atoms with Gasteiger partial charge in [-0.25, -0.2) is 9.78 Å². The molecule has 2 heterocycles. The fourth-order valence-electron chi connectivity index (χ4n) is 1.80. The standard InChI is InChI=1S/C12H11N3O3/c1-13-11-14-6-10(17-11)7-3-4-9-8(5-7)15(2)12(16)18-9/h3-6H,1-2H3,(H,13,14). The first-order valence-corrected chi connectivity index (χ1v) is 5.42. The highest BCUT2D eigenvalue weighted by molar-refractivity contribution is 5.79. The van der Waals surface area contributed by atoms with Crippen LogP contribution in [0.2, 0.25) is 0 Å². The smallest absolute Gasteiger partial charge is 0.419 e. The molecular weight excluding hydrogens is 234 g/mol. The van der Waals surface area contributed by atoms with Crippen LogP contribution in [0, 0.1) is 0 Å². The van der Waals surface area contributed by atoms with Gasteiger partial charge in [0, 0.05) is 19.7 Å². The summed E-state index contributed by atoms with van der Waals surface area (Å²) in [7, 11) is 3.40. The van der Waals surface area contributed by atoms with E-state index in [1.54, 1.807) is 26.4 Å². The minimum Gasteiger partial charge on any atom is -0.424 e. The molecule has 0 bridgehead atoms. The summed E-state index contributed by atoms with van der Waals surface area (Å²) in [5, 5.41) is 2.82. The molecule has 0 radical (unpaired) electrons. The molecule has 0 spiro atoms. The fraction of sp³-hybridized carbons (Fsp3) is 0.167. The third-order valence-corrected chi connectivity index (χ3v) is 2.80. The molecule has 0 unspecified atom stereocenters. The molecule has 0 atom stereocenters. The van der Waals surface area contributed by atoms with Gasteiger partial charge in [0.05, 0.1) is 11.7 Å². The molecule has 0 aliphatic heterocycles. The lowest BCUT2D eigenvalue weighted by molar-refractivity contribution is 0.528. The molecule has 6 heteroatoms. The third kappa shape index (κ3) is 1.50. The Kier molecular flexibility index (Phi) is 2.22. The minimum absolute atomic E-state index is 0.379. The van der Waals surface area contributed by atoms with Crippen LogP contribution in [0.1, 0.15) is 0 Å². The number of rotatable bonds is 2. The van der Waals surface area contributed by atoms with Crippen LogP contribution < -0.4 is 11.1 Å². The van der Waals surface area contributed by atoms with Gasteiger partial charge >= 0.3 is 5.76 Å². The highest BCUT2D eigenvalue weighted by Gasteiger charge is 2.10. The molecule has 92 valence electrons. The average molecular weight is 245 g/mol. The van der Waals surface area contributed by atoms with Crippen molar-refractivity contribution in [2.24, 2.45) is 7.05 Å². The van der Waals surface area contributed by atoms with Gasteiger partial charge < -0.3 is 14.2 Å². The number of nitrogens with one attached hydrogen (secondary N) is 1. The Morgan fingerprint density at radius 2 is 2.17 bits per heavy atom. The number of anilines is 1. The van der Waals surface area contributed by atoms with Gasteiger partial charge in [-0.3, -0.25) is 4.57 Å². The molecule has 0 amide bonds. The summed E-state index contributed by atoms with van der Waals surface area (Å²) in [4.78, 5) is 15.4. The molecule has 3 rings (SSSR count). The summed E-state index contributed by atoms with van der Waals surface area (Å²) >= 11 is 0. The van der Waals surface area contributed by atoms with Crippen molar-refractivity contribution in [1.29, 1.82) is 0 Å². The largest absolute Gasteiger partial charge is 0.424 e. The molecule has 0 fully saturated rings. The summed E-state index contributed by atoms with van der Waals surface area (Å²) in [6.45, 7) is 0. The van der Waals surface area contributed by atoms with Crippen molar-refractivity contribution in [2.75, 3.05) is 12.4 Å². The number of oxazole rings is 2. The van der Waals surface area contributed by atoms with Crippen LogP contribution in [-0.2, 0) is 7.05 Å². The van der Waals surface area contributed by atoms with Gasteiger partial charge in [0.2, 0.25) is 0 Å². The van der Waals surface area contributed by atoms with Gasteiger partial charge in [0.1, 0.15) is 0 Å². The highest BCUT2D eigenvalue weighted by atomic mass is 16.4. The molecule has 0 aliphatic rings. The molecule has 18 heavy (non-hydrogen) atoms. The maximum absolute atomic E-state index is 11.4. The van der Waals surface area contributed by atoms with Crippen LogP contribution >= 0.6 is 0 Å². The van der Waals surface area contributed by atoms with Crippen LogP contribution in [0.15, 0.2) is 38.0 Å². The van der Waals surface area contributed by atoms with Crippen molar-refractivity contribution in [3.8, 4) is 11.3 Å². The Morgan fingerprint density at radius 3 is 2.89 bits per heavy atom. The zero-order valence-electron chi connectivity index (χ0n) is 9.93. The zero-order chi connectivity index (χ0) is 12.7. The number of aromatic nitrogens is 2. The van der Waals surface area contributed by atoms with Crippen molar-refractivity contribution >= 4 is 17.1 Å². The Labute approximate surface area is 102 Å². The zero-order valence-corrected chi connectivity index (χ0v) is 9.93. The van der Waals surface area contributed by atoms with Crippen LogP contribution in [0.25, 0.3) is 22.4 Å². The number of aryl methyl sites for hydroxylation is 1. The Hall–Kier alpha value is -2.50. The van der Waals surface area contributed by atoms with Crippen molar-refractivity contribution in [1.82, 2.24) is 9.55 Å². The molecule has 0 saturated carbocycles. The van der Waals surface area contributed by atoms with Gasteiger partial charge in [-0.05, 0) is 18.2 Å². The first-order chi connectivity index (χ1) is 8.69. The number of benzene rings is 1. The van der Waals surface area contributed by atoms with Crippen LogP contribution in [0.3, 0.4) is 0 Å². The van der Waals surface area contributed by atoms with Crippen molar-refractivity contribution in [3.05, 3.63) is 34.9 Å². The third-order valence-electron chi connectivity index (χ3n) is 2.80. The fourth-order valence-corrected chi connectivity index (χ4v) is 1.80. The normalized spacial score (nSPS) is 11.0. The van der Waals surface area contributed by atoms with E-state index in [2.05, 4.69) is 10.3 Å². The van der Waals surface area contributed by atoms with Gasteiger partial charge in [0.15, 0.2) is 11.3 Å². The van der Waals surface area contributed by atoms with Crippen molar-refractivity contribution < 1.29 is 8.83 Å². The molecule has 6 nitrogen and oxygen atoms in total. The van der Waals surface area contributed by atoms with E-state index >= 15 is 0 Å². The average Bonchev–Trinajstić information content (AvgIpc) is 2.96. The second-order valence-corrected chi connectivity index (χ2v) is 3.89. The second kappa shape index (κ2) is 3.76. The first kappa shape index (κ1) is 10.6. The Balaban J connectivity index is 2.18. The van der Waals surface area contributed by atoms with Gasteiger partial charge in [0.25, 0.3) is 6.01 Å². The lowest BCUT2D eigenvalue weighted by atomic mass is 10.2. The lowest BCUT2D eigenvalue weighted by Gasteiger charge is -1.97. The lowest BCUT2D eigenvalue weighted by Crippen LogP contribution is -2.08. The maximum Gasteiger partial charge on any atom is 0.419 e. The van der Waals surface area contributed by atoms with Gasteiger partial charge in [-0.1, -0.05) is 0 Å². The molecule has 0 saturated heterocycles. The van der Waals surface area contributed by atoms with E-state index in [-0.39, 0.29) is 5.76 Å². The summed E-state index contributed by atoms with van der Waals surface area (Å²) in [5.74, 6) is 0.255. The topological polar surface area (TPSA) is 73.2 Å². The van der Waals surface area contributed by atoms with E-state index in [9.17, 15) is 4.79 Å².